The Labute approximate surface area is 411 Å². The molecule has 0 heterocycles. The molecule has 0 aliphatic rings. The average Bonchev–Trinajstić information content (AvgIpc) is 3.31. The van der Waals surface area contributed by atoms with E-state index in [0.717, 1.165) is 90.3 Å². The minimum Gasteiger partial charge on any atom is -0.465 e. The van der Waals surface area contributed by atoms with Crippen molar-refractivity contribution in [3.8, 4) is 0 Å². The van der Waals surface area contributed by atoms with E-state index in [0.29, 0.717) is 6.42 Å². The van der Waals surface area contributed by atoms with E-state index in [4.69, 9.17) is 28.4 Å². The number of nitrogens with zero attached hydrogens (tertiary/aromatic N) is 1. The predicted molar refractivity (Wildman–Crippen MR) is 274 cm³/mol. The summed E-state index contributed by atoms with van der Waals surface area (Å²) in [6.45, 7) is 20.1. The van der Waals surface area contributed by atoms with Gasteiger partial charge < -0.3 is 33.3 Å². The van der Waals surface area contributed by atoms with E-state index in [1.807, 2.05) is 0 Å². The fraction of sp³-hybridized carbons (Fsp3) is 0.893. The van der Waals surface area contributed by atoms with Crippen LogP contribution in [-0.2, 0) is 38.0 Å². The highest BCUT2D eigenvalue weighted by Gasteiger charge is 2.51. The number of ether oxygens (including phenoxy) is 6. The molecule has 0 N–H and O–H groups in total. The monoisotopic (exact) mass is 952 g/mol. The Kier molecular flexibility index (Phi) is 41.4. The number of carbonyl (C=O) groups is 4. The van der Waals surface area contributed by atoms with E-state index in [-0.39, 0.29) is 39.1 Å². The van der Waals surface area contributed by atoms with Crippen LogP contribution in [0.5, 0.6) is 0 Å². The first-order valence-corrected chi connectivity index (χ1v) is 27.6. The van der Waals surface area contributed by atoms with Crippen molar-refractivity contribution < 1.29 is 47.6 Å². The molecule has 0 saturated heterocycles. The number of esters is 2. The van der Waals surface area contributed by atoms with Crippen LogP contribution < -0.4 is 0 Å². The molecule has 0 rings (SSSR count). The van der Waals surface area contributed by atoms with E-state index in [9.17, 15) is 19.2 Å². The standard InChI is InChI=1S/C56H105NO10/c1-10-15-18-21-24-25-26-27-28-29-30-31-32-33-36-39-44-62-53(60)65-47-49(48-66-54(61)63-45-40-43-57(13-4)14-5)46-64-51(58)55(6,7)56(8,9)52(59)67-50(41-37-34-22-19-16-11-2)42-38-35-23-20-17-12-3/h27-28,49-50H,10-26,29-48H2,1-9H3/b28-27-. The molecule has 0 aromatic heterocycles. The second kappa shape index (κ2) is 43.2. The molecule has 67 heavy (non-hydrogen) atoms. The molecule has 11 nitrogen and oxygen atoms in total. The molecular formula is C56H105NO10. The maximum atomic E-state index is 13.9. The highest BCUT2D eigenvalue weighted by Crippen LogP contribution is 2.41. The van der Waals surface area contributed by atoms with Crippen molar-refractivity contribution in [1.29, 1.82) is 0 Å². The Balaban J connectivity index is 5.22. The Hall–Kier alpha value is -2.82. The highest BCUT2D eigenvalue weighted by atomic mass is 16.7. The summed E-state index contributed by atoms with van der Waals surface area (Å²) in [5.41, 5.74) is -2.48. The summed E-state index contributed by atoms with van der Waals surface area (Å²) < 4.78 is 33.5. The number of carbonyl (C=O) groups excluding carboxylic acids is 4. The maximum Gasteiger partial charge on any atom is 0.508 e. The van der Waals surface area contributed by atoms with Crippen LogP contribution in [0.15, 0.2) is 12.2 Å². The number of rotatable bonds is 46. The maximum absolute atomic E-state index is 13.9. The fourth-order valence-electron chi connectivity index (χ4n) is 7.84. The van der Waals surface area contributed by atoms with Gasteiger partial charge in [-0.3, -0.25) is 9.59 Å². The molecule has 0 saturated carbocycles. The third-order valence-electron chi connectivity index (χ3n) is 13.5. The molecule has 1 unspecified atom stereocenters. The Morgan fingerprint density at radius 1 is 0.433 bits per heavy atom. The zero-order valence-electron chi connectivity index (χ0n) is 45.0. The van der Waals surface area contributed by atoms with Crippen molar-refractivity contribution in [2.45, 2.75) is 255 Å². The molecule has 0 amide bonds. The number of allylic oxidation sites excluding steroid dienone is 2. The normalized spacial score (nSPS) is 12.5. The molecular weight excluding hydrogens is 847 g/mol. The van der Waals surface area contributed by atoms with Gasteiger partial charge in [0.25, 0.3) is 0 Å². The Bertz CT molecular complexity index is 1220. The number of hydrogen-bond acceptors (Lipinski definition) is 11. The van der Waals surface area contributed by atoms with Crippen LogP contribution in [0.2, 0.25) is 0 Å². The van der Waals surface area contributed by atoms with Crippen molar-refractivity contribution in [1.82, 2.24) is 4.90 Å². The van der Waals surface area contributed by atoms with Gasteiger partial charge in [-0.25, -0.2) is 9.59 Å². The highest BCUT2D eigenvalue weighted by molar-refractivity contribution is 5.87. The molecule has 0 spiro atoms. The summed E-state index contributed by atoms with van der Waals surface area (Å²) >= 11 is 0. The summed E-state index contributed by atoms with van der Waals surface area (Å²) in [5.74, 6) is -1.73. The van der Waals surface area contributed by atoms with Crippen LogP contribution >= 0.6 is 0 Å². The fourth-order valence-corrected chi connectivity index (χ4v) is 7.84. The number of hydrogen-bond donors (Lipinski definition) is 0. The van der Waals surface area contributed by atoms with Gasteiger partial charge in [-0.05, 0) is 105 Å². The van der Waals surface area contributed by atoms with Gasteiger partial charge in [-0.1, -0.05) is 169 Å². The molecule has 0 aliphatic carbocycles. The van der Waals surface area contributed by atoms with Crippen LogP contribution in [0.25, 0.3) is 0 Å². The largest absolute Gasteiger partial charge is 0.508 e. The molecule has 0 bridgehead atoms. The summed E-state index contributed by atoms with van der Waals surface area (Å²) in [6.07, 6.45) is 35.7. The van der Waals surface area contributed by atoms with Crippen molar-refractivity contribution in [2.24, 2.45) is 16.7 Å². The molecule has 394 valence electrons. The molecule has 0 aromatic carbocycles. The summed E-state index contributed by atoms with van der Waals surface area (Å²) in [6, 6.07) is 0. The zero-order valence-corrected chi connectivity index (χ0v) is 45.0. The van der Waals surface area contributed by atoms with Crippen LogP contribution in [0.1, 0.15) is 249 Å². The Morgan fingerprint density at radius 3 is 1.25 bits per heavy atom. The zero-order chi connectivity index (χ0) is 49.9. The summed E-state index contributed by atoms with van der Waals surface area (Å²) in [7, 11) is 0. The topological polar surface area (TPSA) is 127 Å². The van der Waals surface area contributed by atoms with Crippen LogP contribution in [0.4, 0.5) is 9.59 Å². The van der Waals surface area contributed by atoms with Crippen molar-refractivity contribution in [3.63, 3.8) is 0 Å². The molecule has 11 heteroatoms. The smallest absolute Gasteiger partial charge is 0.465 e. The van der Waals surface area contributed by atoms with Gasteiger partial charge in [-0.15, -0.1) is 0 Å². The average molecular weight is 952 g/mol. The molecule has 0 radical (unpaired) electrons. The Morgan fingerprint density at radius 2 is 0.806 bits per heavy atom. The molecule has 1 atom stereocenters. The van der Waals surface area contributed by atoms with E-state index in [1.165, 1.54) is 109 Å². The van der Waals surface area contributed by atoms with Crippen LogP contribution in [0, 0.1) is 16.7 Å². The minimum atomic E-state index is -1.27. The van der Waals surface area contributed by atoms with Gasteiger partial charge in [0, 0.05) is 6.54 Å². The van der Waals surface area contributed by atoms with Crippen molar-refractivity contribution in [2.75, 3.05) is 52.7 Å². The third kappa shape index (κ3) is 34.2. The quantitative estimate of drug-likeness (QED) is 0.0250. The molecule has 0 aromatic rings. The lowest BCUT2D eigenvalue weighted by Gasteiger charge is -2.38. The SMILES string of the molecule is CCCCCCCC/C=C\CCCCCCCCOC(=O)OCC(COC(=O)OCCCN(CC)CC)COC(=O)C(C)(C)C(C)(C)C(=O)OC(CCCCCCCC)CCCCCCCC. The minimum absolute atomic E-state index is 0.201. The second-order valence-corrected chi connectivity index (χ2v) is 20.0. The predicted octanol–water partition coefficient (Wildman–Crippen LogP) is 15.7. The van der Waals surface area contributed by atoms with E-state index in [1.54, 1.807) is 27.7 Å². The molecule has 0 aliphatic heterocycles. The first-order valence-electron chi connectivity index (χ1n) is 27.6. The first-order chi connectivity index (χ1) is 32.3. The summed E-state index contributed by atoms with van der Waals surface area (Å²) in [5, 5.41) is 0. The van der Waals surface area contributed by atoms with Crippen LogP contribution in [-0.4, -0.2) is 87.9 Å². The van der Waals surface area contributed by atoms with E-state index < -0.39 is 41.0 Å². The van der Waals surface area contributed by atoms with Gasteiger partial charge in [0.2, 0.25) is 0 Å². The van der Waals surface area contributed by atoms with Gasteiger partial charge in [0.1, 0.15) is 25.9 Å². The van der Waals surface area contributed by atoms with Gasteiger partial charge in [-0.2, -0.15) is 0 Å². The van der Waals surface area contributed by atoms with Crippen LogP contribution in [0.3, 0.4) is 0 Å². The van der Waals surface area contributed by atoms with Gasteiger partial charge in [0.05, 0.1) is 30.0 Å². The third-order valence-corrected chi connectivity index (χ3v) is 13.5. The van der Waals surface area contributed by atoms with Gasteiger partial charge >= 0.3 is 24.2 Å². The van der Waals surface area contributed by atoms with Gasteiger partial charge in [0.15, 0.2) is 0 Å². The van der Waals surface area contributed by atoms with E-state index in [2.05, 4.69) is 51.7 Å². The first kappa shape index (κ1) is 64.2. The van der Waals surface area contributed by atoms with E-state index >= 15 is 0 Å². The van der Waals surface area contributed by atoms with Crippen molar-refractivity contribution in [3.05, 3.63) is 12.2 Å². The lowest BCUT2D eigenvalue weighted by atomic mass is 9.68. The lowest BCUT2D eigenvalue weighted by molar-refractivity contribution is -0.180. The number of unbranched alkanes of at least 4 members (excludes halogenated alkanes) is 22. The summed E-state index contributed by atoms with van der Waals surface area (Å²) in [4.78, 5) is 55.2. The lowest BCUT2D eigenvalue weighted by Crippen LogP contribution is -2.48. The second-order valence-electron chi connectivity index (χ2n) is 20.0. The molecule has 0 fully saturated rings. The van der Waals surface area contributed by atoms with Crippen molar-refractivity contribution >= 4 is 24.2 Å².